The minimum absolute atomic E-state index is 0.197. The van der Waals surface area contributed by atoms with E-state index in [9.17, 15) is 18.9 Å². The van der Waals surface area contributed by atoms with E-state index < -0.39 is 16.4 Å². The first kappa shape index (κ1) is 17.9. The lowest BCUT2D eigenvalue weighted by molar-refractivity contribution is -0.909. The molecule has 2 aromatic rings. The summed E-state index contributed by atoms with van der Waals surface area (Å²) in [5, 5.41) is 19.0. The largest absolute Gasteiger partial charge is 0.317 e. The van der Waals surface area contributed by atoms with Crippen LogP contribution in [0.15, 0.2) is 29.0 Å². The predicted molar refractivity (Wildman–Crippen MR) is 75.2 cm³/mol. The first-order valence-electron chi connectivity index (χ1n) is 6.00. The summed E-state index contributed by atoms with van der Waals surface area (Å²) in [6, 6.07) is 2.70. The van der Waals surface area contributed by atoms with Crippen molar-refractivity contribution in [2.45, 2.75) is 13.8 Å². The third-order valence-corrected chi connectivity index (χ3v) is 3.42. The zero-order valence-corrected chi connectivity index (χ0v) is 13.6. The molecule has 0 atom stereocenters. The molecule has 0 aliphatic carbocycles. The number of nitro groups is 1. The zero-order valence-electron chi connectivity index (χ0n) is 12.0. The van der Waals surface area contributed by atoms with Gasteiger partial charge in [0.1, 0.15) is 7.05 Å². The van der Waals surface area contributed by atoms with Crippen molar-refractivity contribution in [1.82, 2.24) is 0 Å². The maximum absolute atomic E-state index is 12.7. The van der Waals surface area contributed by atoms with Crippen molar-refractivity contribution in [1.29, 1.82) is 0 Å². The summed E-state index contributed by atoms with van der Waals surface area (Å²) < 4.78 is 28.1. The third kappa shape index (κ3) is 4.42. The minimum Gasteiger partial charge on any atom is -0.285 e. The van der Waals surface area contributed by atoms with E-state index in [1.165, 1.54) is 13.1 Å². The average molecular weight is 378 g/mol. The number of nitrogens with zero attached hydrogens (tertiary/aromatic N) is 3. The topological polar surface area (TPSA) is 71.1 Å². The van der Waals surface area contributed by atoms with Crippen molar-refractivity contribution in [2.24, 2.45) is 7.05 Å². The van der Waals surface area contributed by atoms with Crippen molar-refractivity contribution in [3.05, 3.63) is 62.1 Å². The lowest BCUT2D eigenvalue weighted by Gasteiger charge is -1.94. The smallest absolute Gasteiger partial charge is 0.285 e. The molecule has 6 nitrogen and oxygen atoms in total. The van der Waals surface area contributed by atoms with Crippen LogP contribution in [-0.4, -0.2) is 10.1 Å². The Kier molecular flexibility index (Phi) is 5.86. The Balaban J connectivity index is 0.000000224. The molecule has 0 unspecified atom stereocenters. The Morgan fingerprint density at radius 1 is 1.18 bits per heavy atom. The van der Waals surface area contributed by atoms with E-state index in [0.717, 1.165) is 11.8 Å². The van der Waals surface area contributed by atoms with Crippen LogP contribution in [0.3, 0.4) is 0 Å². The Hall–Kier alpha value is -2.16. The van der Waals surface area contributed by atoms with Gasteiger partial charge in [-0.3, -0.25) is 15.3 Å². The second-order valence-corrected chi connectivity index (χ2v) is 5.33. The van der Waals surface area contributed by atoms with E-state index in [1.807, 2.05) is 14.0 Å². The van der Waals surface area contributed by atoms with Gasteiger partial charge in [-0.25, -0.2) is 4.57 Å². The molecule has 0 saturated carbocycles. The number of hydrogen-bond donors (Lipinski definition) is 1. The molecule has 0 radical (unpaired) electrons. The van der Waals surface area contributed by atoms with Crippen LogP contribution in [0.25, 0.3) is 0 Å². The second kappa shape index (κ2) is 7.21. The highest BCUT2D eigenvalue weighted by molar-refractivity contribution is 9.10. The highest BCUT2D eigenvalue weighted by atomic mass is 79.9. The number of rotatable bonds is 1. The number of aryl methyl sites for hydroxylation is 3. The lowest BCUT2D eigenvalue weighted by atomic mass is 10.3. The highest BCUT2D eigenvalue weighted by Crippen LogP contribution is 2.14. The van der Waals surface area contributed by atoms with Gasteiger partial charge in [0.25, 0.3) is 12.0 Å². The Morgan fingerprint density at radius 3 is 2.27 bits per heavy atom. The van der Waals surface area contributed by atoms with E-state index >= 15 is 0 Å². The first-order chi connectivity index (χ1) is 10.1. The molecule has 22 heavy (non-hydrogen) atoms. The molecule has 2 rings (SSSR count). The average Bonchev–Trinajstić information content (AvgIpc) is 2.41. The van der Waals surface area contributed by atoms with E-state index in [2.05, 4.69) is 15.9 Å². The van der Waals surface area contributed by atoms with Crippen LogP contribution in [0.2, 0.25) is 0 Å². The molecular weight excluding hydrogens is 364 g/mol. The zero-order chi connectivity index (χ0) is 17.0. The standard InChI is InChI=1S/C7H8BrFN.C6H6FN2O3/c1-5-3-6(8)7(9)4-10(5)2;1-4-2-6(9(11)12)5(7)3-8(4)10/h3-4H,1-2H3;2-3,10H,1H3/q2*+1. The van der Waals surface area contributed by atoms with Crippen LogP contribution in [0.4, 0.5) is 14.5 Å². The lowest BCUT2D eigenvalue weighted by Crippen LogP contribution is -2.33. The Morgan fingerprint density at radius 2 is 1.77 bits per heavy atom. The SMILES string of the molecule is Cc1cc(Br)c(F)c[n+]1C.Cc1cc([N+](=O)[O-])c(F)c[n+]1O. The Labute approximate surface area is 133 Å². The van der Waals surface area contributed by atoms with Gasteiger partial charge in [0, 0.05) is 24.6 Å². The van der Waals surface area contributed by atoms with Crippen molar-refractivity contribution in [3.63, 3.8) is 0 Å². The van der Waals surface area contributed by atoms with Gasteiger partial charge < -0.3 is 0 Å². The van der Waals surface area contributed by atoms with Crippen LogP contribution in [0, 0.1) is 35.6 Å². The quantitative estimate of drug-likeness (QED) is 0.358. The first-order valence-corrected chi connectivity index (χ1v) is 6.79. The molecule has 0 spiro atoms. The Bertz CT molecular complexity index is 676. The van der Waals surface area contributed by atoms with Gasteiger partial charge in [0.2, 0.25) is 17.7 Å². The monoisotopic (exact) mass is 377 g/mol. The van der Waals surface area contributed by atoms with Crippen LogP contribution < -0.4 is 9.30 Å². The van der Waals surface area contributed by atoms with Gasteiger partial charge in [-0.1, -0.05) is 0 Å². The fraction of sp³-hybridized carbons (Fsp3) is 0.231. The van der Waals surface area contributed by atoms with Crippen molar-refractivity contribution in [2.75, 3.05) is 0 Å². The van der Waals surface area contributed by atoms with Crippen molar-refractivity contribution in [3.8, 4) is 0 Å². The third-order valence-electron chi connectivity index (χ3n) is 2.81. The van der Waals surface area contributed by atoms with E-state index in [-0.39, 0.29) is 11.5 Å². The molecule has 9 heteroatoms. The second-order valence-electron chi connectivity index (χ2n) is 4.47. The fourth-order valence-electron chi connectivity index (χ4n) is 1.44. The van der Waals surface area contributed by atoms with Gasteiger partial charge in [-0.2, -0.15) is 8.78 Å². The van der Waals surface area contributed by atoms with Crippen molar-refractivity contribution >= 4 is 21.6 Å². The summed E-state index contributed by atoms with van der Waals surface area (Å²) in [7, 11) is 1.81. The van der Waals surface area contributed by atoms with E-state index in [0.29, 0.717) is 15.4 Å². The van der Waals surface area contributed by atoms with Gasteiger partial charge >= 0.3 is 5.69 Å². The molecule has 0 amide bonds. The van der Waals surface area contributed by atoms with Crippen molar-refractivity contribution < 1.29 is 28.2 Å². The molecule has 0 aliphatic rings. The van der Waals surface area contributed by atoms with Crippen LogP contribution in [-0.2, 0) is 7.05 Å². The molecule has 0 fully saturated rings. The highest BCUT2D eigenvalue weighted by Gasteiger charge is 2.21. The molecular formula is C13H14BrF2N3O3+2. The van der Waals surface area contributed by atoms with Crippen LogP contribution in [0.1, 0.15) is 11.4 Å². The molecule has 2 aromatic heterocycles. The molecule has 1 N–H and O–H groups in total. The predicted octanol–water partition coefficient (Wildman–Crippen LogP) is 2.29. The molecule has 0 aliphatic heterocycles. The molecule has 118 valence electrons. The molecule has 0 saturated heterocycles. The summed E-state index contributed by atoms with van der Waals surface area (Å²) in [6.07, 6.45) is 2.09. The fourth-order valence-corrected chi connectivity index (χ4v) is 1.87. The number of pyridine rings is 2. The minimum atomic E-state index is -1.06. The maximum Gasteiger partial charge on any atom is 0.317 e. The van der Waals surface area contributed by atoms with E-state index in [1.54, 1.807) is 10.6 Å². The van der Waals surface area contributed by atoms with Crippen LogP contribution >= 0.6 is 15.9 Å². The van der Waals surface area contributed by atoms with Gasteiger partial charge in [0.15, 0.2) is 5.69 Å². The van der Waals surface area contributed by atoms with Crippen LogP contribution in [0.5, 0.6) is 0 Å². The number of hydrogen-bond acceptors (Lipinski definition) is 3. The number of halogens is 3. The maximum atomic E-state index is 12.7. The normalized spacial score (nSPS) is 9.91. The van der Waals surface area contributed by atoms with E-state index in [4.69, 9.17) is 5.21 Å². The number of aromatic nitrogens is 2. The molecule has 0 aromatic carbocycles. The van der Waals surface area contributed by atoms with Gasteiger partial charge in [0.05, 0.1) is 15.5 Å². The van der Waals surface area contributed by atoms with Gasteiger partial charge in [-0.15, -0.1) is 0 Å². The summed E-state index contributed by atoms with van der Waals surface area (Å²) in [6.45, 7) is 3.34. The summed E-state index contributed by atoms with van der Waals surface area (Å²) in [4.78, 5) is 9.32. The summed E-state index contributed by atoms with van der Waals surface area (Å²) in [5.41, 5.74) is 0.578. The van der Waals surface area contributed by atoms with Gasteiger partial charge in [-0.05, 0) is 15.9 Å². The molecule has 0 bridgehead atoms. The molecule has 2 heterocycles. The summed E-state index contributed by atoms with van der Waals surface area (Å²) in [5.74, 6) is -1.29. The summed E-state index contributed by atoms with van der Waals surface area (Å²) >= 11 is 3.09.